The summed E-state index contributed by atoms with van der Waals surface area (Å²) in [6.45, 7) is 6.06. The number of likely N-dealkylation sites (N-methyl/N-ethyl adjacent to an activating group) is 1. The van der Waals surface area contributed by atoms with Gasteiger partial charge in [0, 0.05) is 19.7 Å². The molecule has 0 heterocycles. The number of ether oxygens (including phenoxy) is 1. The van der Waals surface area contributed by atoms with E-state index in [1.807, 2.05) is 0 Å². The van der Waals surface area contributed by atoms with Crippen LogP contribution >= 0.6 is 0 Å². The molecule has 0 aromatic heterocycles. The Labute approximate surface area is 150 Å². The minimum atomic E-state index is 0.848. The maximum Gasteiger partial charge on any atom is 0.0593 e. The first-order valence-electron chi connectivity index (χ1n) is 10.1. The summed E-state index contributed by atoms with van der Waals surface area (Å²) in [6, 6.07) is 10.6. The van der Waals surface area contributed by atoms with Gasteiger partial charge in [0.1, 0.15) is 0 Å². The minimum Gasteiger partial charge on any atom is -0.380 e. The molecule has 0 N–H and O–H groups in total. The summed E-state index contributed by atoms with van der Waals surface area (Å²) < 4.78 is 5.77. The third-order valence-electron chi connectivity index (χ3n) is 4.55. The van der Waals surface area contributed by atoms with Gasteiger partial charge in [-0.15, -0.1) is 0 Å². The van der Waals surface area contributed by atoms with Crippen molar-refractivity contribution < 1.29 is 4.74 Å². The van der Waals surface area contributed by atoms with Crippen LogP contribution in [0.15, 0.2) is 30.3 Å². The lowest BCUT2D eigenvalue weighted by Gasteiger charge is -2.16. The van der Waals surface area contributed by atoms with Gasteiger partial charge in [-0.25, -0.2) is 0 Å². The van der Waals surface area contributed by atoms with Gasteiger partial charge in [0.05, 0.1) is 6.61 Å². The van der Waals surface area contributed by atoms with E-state index < -0.39 is 0 Å². The third-order valence-corrected chi connectivity index (χ3v) is 4.55. The number of unbranched alkanes of at least 4 members (excludes halogenated alkanes) is 9. The zero-order valence-corrected chi connectivity index (χ0v) is 16.1. The van der Waals surface area contributed by atoms with E-state index in [0.717, 1.165) is 26.3 Å². The van der Waals surface area contributed by atoms with Gasteiger partial charge in [-0.05, 0) is 19.0 Å². The first-order chi connectivity index (χ1) is 11.8. The zero-order chi connectivity index (χ0) is 17.3. The number of benzene rings is 1. The molecule has 0 unspecified atom stereocenters. The van der Waals surface area contributed by atoms with Crippen molar-refractivity contribution in [1.82, 2.24) is 4.90 Å². The van der Waals surface area contributed by atoms with Crippen LogP contribution in [0, 0.1) is 0 Å². The summed E-state index contributed by atoms with van der Waals surface area (Å²) in [5.74, 6) is 0. The summed E-state index contributed by atoms with van der Waals surface area (Å²) in [5.41, 5.74) is 1.37. The molecule has 1 aromatic carbocycles. The molecule has 0 fully saturated rings. The van der Waals surface area contributed by atoms with Gasteiger partial charge in [-0.3, -0.25) is 4.90 Å². The van der Waals surface area contributed by atoms with Crippen LogP contribution in [0.3, 0.4) is 0 Å². The largest absolute Gasteiger partial charge is 0.380 e. The van der Waals surface area contributed by atoms with Gasteiger partial charge in [0.25, 0.3) is 0 Å². The molecule has 0 aliphatic carbocycles. The van der Waals surface area contributed by atoms with Crippen LogP contribution in [-0.2, 0) is 11.3 Å². The molecular weight excluding hydrogens is 294 g/mol. The first-order valence-corrected chi connectivity index (χ1v) is 10.1. The third kappa shape index (κ3) is 12.5. The molecule has 138 valence electrons. The molecule has 0 atom stereocenters. The summed E-state index contributed by atoms with van der Waals surface area (Å²) >= 11 is 0. The highest BCUT2D eigenvalue weighted by atomic mass is 16.5. The second-order valence-corrected chi connectivity index (χ2v) is 7.02. The highest BCUT2D eigenvalue weighted by Gasteiger charge is 2.00. The van der Waals surface area contributed by atoms with Gasteiger partial charge in [0.15, 0.2) is 0 Å². The number of hydrogen-bond acceptors (Lipinski definition) is 2. The maximum atomic E-state index is 5.77. The van der Waals surface area contributed by atoms with Crippen molar-refractivity contribution in [3.05, 3.63) is 35.9 Å². The van der Waals surface area contributed by atoms with Crippen LogP contribution < -0.4 is 0 Å². The topological polar surface area (TPSA) is 12.5 Å². The Morgan fingerprint density at radius 2 is 1.33 bits per heavy atom. The van der Waals surface area contributed by atoms with Gasteiger partial charge in [-0.1, -0.05) is 95.0 Å². The lowest BCUT2D eigenvalue weighted by molar-refractivity contribution is 0.106. The van der Waals surface area contributed by atoms with Crippen LogP contribution in [0.4, 0.5) is 0 Å². The lowest BCUT2D eigenvalue weighted by atomic mass is 10.1. The van der Waals surface area contributed by atoms with E-state index in [0.29, 0.717) is 0 Å². The maximum absolute atomic E-state index is 5.77. The molecule has 0 spiro atoms. The fourth-order valence-corrected chi connectivity index (χ4v) is 2.99. The van der Waals surface area contributed by atoms with Crippen LogP contribution in [0.2, 0.25) is 0 Å². The summed E-state index contributed by atoms with van der Waals surface area (Å²) in [7, 11) is 2.16. The first kappa shape index (κ1) is 21.2. The fraction of sp³-hybridized carbons (Fsp3) is 0.727. The molecule has 0 saturated heterocycles. The molecule has 2 heteroatoms. The van der Waals surface area contributed by atoms with Crippen molar-refractivity contribution in [3.63, 3.8) is 0 Å². The molecule has 24 heavy (non-hydrogen) atoms. The molecule has 0 saturated carbocycles. The van der Waals surface area contributed by atoms with Crippen LogP contribution in [0.5, 0.6) is 0 Å². The molecule has 2 nitrogen and oxygen atoms in total. The van der Waals surface area contributed by atoms with Gasteiger partial charge < -0.3 is 4.74 Å². The smallest absolute Gasteiger partial charge is 0.0593 e. The van der Waals surface area contributed by atoms with E-state index in [9.17, 15) is 0 Å². The Balaban J connectivity index is 1.80. The van der Waals surface area contributed by atoms with Crippen LogP contribution in [0.25, 0.3) is 0 Å². The molecule has 0 aliphatic rings. The van der Waals surface area contributed by atoms with Gasteiger partial charge >= 0.3 is 0 Å². The predicted octanol–water partition coefficient (Wildman–Crippen LogP) is 6.06. The van der Waals surface area contributed by atoms with Crippen molar-refractivity contribution in [2.24, 2.45) is 0 Å². The quantitative estimate of drug-likeness (QED) is 0.341. The van der Waals surface area contributed by atoms with Crippen molar-refractivity contribution >= 4 is 0 Å². The van der Waals surface area contributed by atoms with E-state index in [2.05, 4.69) is 49.2 Å². The van der Waals surface area contributed by atoms with Gasteiger partial charge in [0.2, 0.25) is 0 Å². The zero-order valence-electron chi connectivity index (χ0n) is 16.1. The monoisotopic (exact) mass is 333 g/mol. The van der Waals surface area contributed by atoms with Crippen molar-refractivity contribution in [3.8, 4) is 0 Å². The number of nitrogens with zero attached hydrogens (tertiary/aromatic N) is 1. The number of rotatable bonds is 16. The SMILES string of the molecule is CCCCCCCCCCCCOCCN(C)Cc1ccccc1. The lowest BCUT2D eigenvalue weighted by Crippen LogP contribution is -2.22. The van der Waals surface area contributed by atoms with Crippen molar-refractivity contribution in [2.45, 2.75) is 77.7 Å². The Hall–Kier alpha value is -0.860. The van der Waals surface area contributed by atoms with Crippen molar-refractivity contribution in [1.29, 1.82) is 0 Å². The molecule has 1 aromatic rings. The summed E-state index contributed by atoms with van der Waals surface area (Å²) in [5, 5.41) is 0. The standard InChI is InChI=1S/C22H39NO/c1-3-4-5-6-7-8-9-10-11-15-19-24-20-18-23(2)21-22-16-13-12-14-17-22/h12-14,16-17H,3-11,15,18-21H2,1-2H3. The predicted molar refractivity (Wildman–Crippen MR) is 105 cm³/mol. The Kier molecular flexibility index (Phi) is 13.8. The minimum absolute atomic E-state index is 0.848. The average molecular weight is 334 g/mol. The van der Waals surface area contributed by atoms with Crippen LogP contribution in [0.1, 0.15) is 76.7 Å². The second-order valence-electron chi connectivity index (χ2n) is 7.02. The average Bonchev–Trinajstić information content (AvgIpc) is 2.60. The summed E-state index contributed by atoms with van der Waals surface area (Å²) in [6.07, 6.45) is 13.8. The Morgan fingerprint density at radius 1 is 0.750 bits per heavy atom. The molecule has 0 radical (unpaired) electrons. The highest BCUT2D eigenvalue weighted by molar-refractivity contribution is 5.14. The van der Waals surface area contributed by atoms with E-state index in [4.69, 9.17) is 4.74 Å². The molecule has 0 amide bonds. The van der Waals surface area contributed by atoms with E-state index in [1.54, 1.807) is 0 Å². The Morgan fingerprint density at radius 3 is 1.96 bits per heavy atom. The van der Waals surface area contributed by atoms with E-state index in [1.165, 1.54) is 69.8 Å². The molecular formula is C22H39NO. The highest BCUT2D eigenvalue weighted by Crippen LogP contribution is 2.10. The number of hydrogen-bond donors (Lipinski definition) is 0. The molecule has 1 rings (SSSR count). The van der Waals surface area contributed by atoms with Crippen LogP contribution in [-0.4, -0.2) is 31.7 Å². The van der Waals surface area contributed by atoms with E-state index >= 15 is 0 Å². The molecule has 0 aliphatic heterocycles. The van der Waals surface area contributed by atoms with Gasteiger partial charge in [-0.2, -0.15) is 0 Å². The Bertz CT molecular complexity index is 365. The fourth-order valence-electron chi connectivity index (χ4n) is 2.99. The van der Waals surface area contributed by atoms with E-state index in [-0.39, 0.29) is 0 Å². The summed E-state index contributed by atoms with van der Waals surface area (Å²) in [4.78, 5) is 2.33. The molecule has 0 bridgehead atoms. The normalized spacial score (nSPS) is 11.3. The second kappa shape index (κ2) is 15.7. The van der Waals surface area contributed by atoms with Crippen molar-refractivity contribution in [2.75, 3.05) is 26.8 Å².